The number of ether oxygens (including phenoxy) is 2. The van der Waals surface area contributed by atoms with Crippen LogP contribution < -0.4 is 9.64 Å². The van der Waals surface area contributed by atoms with Crippen molar-refractivity contribution < 1.29 is 14.3 Å². The van der Waals surface area contributed by atoms with Crippen LogP contribution in [0.25, 0.3) is 0 Å². The Labute approximate surface area is 142 Å². The molecule has 0 spiro atoms. The maximum Gasteiger partial charge on any atom is 0.227 e. The molecule has 3 fully saturated rings. The van der Waals surface area contributed by atoms with Gasteiger partial charge in [0, 0.05) is 32.3 Å². The van der Waals surface area contributed by atoms with Crippen LogP contribution in [-0.2, 0) is 9.53 Å². The van der Waals surface area contributed by atoms with Crippen LogP contribution in [0.5, 0.6) is 5.88 Å². The van der Waals surface area contributed by atoms with Gasteiger partial charge in [-0.2, -0.15) is 0 Å². The molecule has 3 aliphatic rings. The summed E-state index contributed by atoms with van der Waals surface area (Å²) in [5.41, 5.74) is 0. The molecule has 24 heavy (non-hydrogen) atoms. The van der Waals surface area contributed by atoms with E-state index in [1.54, 1.807) is 7.11 Å². The number of carbonyl (C=O) groups excluding carboxylic acids is 1. The molecule has 7 heteroatoms. The van der Waals surface area contributed by atoms with Crippen molar-refractivity contribution >= 4 is 11.7 Å². The number of piperidine rings is 1. The normalized spacial score (nSPS) is 29.6. The molecule has 4 heterocycles. The average Bonchev–Trinajstić information content (AvgIpc) is 3.31. The number of methoxy groups -OCH3 is 1. The Balaban J connectivity index is 1.58. The van der Waals surface area contributed by atoms with Gasteiger partial charge in [0.15, 0.2) is 0 Å². The number of fused-ring (bicyclic) bond motifs is 1. The van der Waals surface area contributed by atoms with Crippen LogP contribution in [0.1, 0.15) is 25.7 Å². The highest BCUT2D eigenvalue weighted by atomic mass is 16.5. The SMILES string of the molecule is COc1cc(N2C[C@H](C(=O)N3CCCC3)C[C@@H]3OCC[C@@H]32)ncn1. The Morgan fingerprint density at radius 3 is 2.96 bits per heavy atom. The van der Waals surface area contributed by atoms with Crippen molar-refractivity contribution in [3.05, 3.63) is 12.4 Å². The summed E-state index contributed by atoms with van der Waals surface area (Å²) in [4.78, 5) is 25.6. The van der Waals surface area contributed by atoms with E-state index in [1.165, 1.54) is 6.33 Å². The zero-order chi connectivity index (χ0) is 16.5. The van der Waals surface area contributed by atoms with Gasteiger partial charge in [-0.25, -0.2) is 9.97 Å². The number of anilines is 1. The molecule has 0 bridgehead atoms. The summed E-state index contributed by atoms with van der Waals surface area (Å²) in [6, 6.07) is 2.13. The first kappa shape index (κ1) is 15.6. The summed E-state index contributed by atoms with van der Waals surface area (Å²) in [6.45, 7) is 3.23. The van der Waals surface area contributed by atoms with Crippen LogP contribution >= 0.6 is 0 Å². The van der Waals surface area contributed by atoms with Gasteiger partial charge in [0.2, 0.25) is 11.8 Å². The maximum atomic E-state index is 12.9. The van der Waals surface area contributed by atoms with Gasteiger partial charge in [0.05, 0.1) is 25.2 Å². The van der Waals surface area contributed by atoms with E-state index in [2.05, 4.69) is 14.9 Å². The van der Waals surface area contributed by atoms with Crippen LogP contribution in [0.15, 0.2) is 12.4 Å². The van der Waals surface area contributed by atoms with Crippen molar-refractivity contribution in [3.63, 3.8) is 0 Å². The molecule has 1 aromatic heterocycles. The number of carbonyl (C=O) groups is 1. The molecule has 3 saturated heterocycles. The van der Waals surface area contributed by atoms with Crippen molar-refractivity contribution in [2.45, 2.75) is 37.8 Å². The van der Waals surface area contributed by atoms with Crippen LogP contribution in [0.3, 0.4) is 0 Å². The lowest BCUT2D eigenvalue weighted by molar-refractivity contribution is -0.136. The van der Waals surface area contributed by atoms with E-state index in [9.17, 15) is 4.79 Å². The molecule has 0 N–H and O–H groups in total. The molecule has 1 aromatic rings. The van der Waals surface area contributed by atoms with Crippen LogP contribution in [0.2, 0.25) is 0 Å². The van der Waals surface area contributed by atoms with Gasteiger partial charge in [-0.15, -0.1) is 0 Å². The van der Waals surface area contributed by atoms with E-state index >= 15 is 0 Å². The molecule has 3 atom stereocenters. The minimum absolute atomic E-state index is 0.0246. The summed E-state index contributed by atoms with van der Waals surface area (Å²) in [5.74, 6) is 1.61. The number of hydrogen-bond donors (Lipinski definition) is 0. The lowest BCUT2D eigenvalue weighted by Gasteiger charge is -2.41. The van der Waals surface area contributed by atoms with Crippen molar-refractivity contribution in [1.29, 1.82) is 0 Å². The van der Waals surface area contributed by atoms with E-state index in [1.807, 2.05) is 11.0 Å². The molecule has 1 amide bonds. The molecule has 4 rings (SSSR count). The highest BCUT2D eigenvalue weighted by Crippen LogP contribution is 2.35. The zero-order valence-electron chi connectivity index (χ0n) is 14.1. The molecular weight excluding hydrogens is 308 g/mol. The molecule has 0 aromatic carbocycles. The smallest absolute Gasteiger partial charge is 0.227 e. The van der Waals surface area contributed by atoms with E-state index in [0.29, 0.717) is 12.4 Å². The lowest BCUT2D eigenvalue weighted by Crippen LogP contribution is -2.53. The van der Waals surface area contributed by atoms with E-state index < -0.39 is 0 Å². The quantitative estimate of drug-likeness (QED) is 0.825. The largest absolute Gasteiger partial charge is 0.481 e. The number of hydrogen-bond acceptors (Lipinski definition) is 6. The van der Waals surface area contributed by atoms with Crippen molar-refractivity contribution in [2.75, 3.05) is 38.3 Å². The number of nitrogens with zero attached hydrogens (tertiary/aromatic N) is 4. The first-order chi connectivity index (χ1) is 11.8. The van der Waals surface area contributed by atoms with Gasteiger partial charge >= 0.3 is 0 Å². The third-order valence-electron chi connectivity index (χ3n) is 5.41. The topological polar surface area (TPSA) is 67.8 Å². The van der Waals surface area contributed by atoms with Gasteiger partial charge in [-0.1, -0.05) is 0 Å². The summed E-state index contributed by atoms with van der Waals surface area (Å²) in [5, 5.41) is 0. The second-order valence-corrected chi connectivity index (χ2v) is 6.80. The molecule has 130 valence electrons. The third kappa shape index (κ3) is 2.81. The van der Waals surface area contributed by atoms with E-state index in [0.717, 1.165) is 51.2 Å². The minimum Gasteiger partial charge on any atom is -0.481 e. The minimum atomic E-state index is -0.0246. The predicted molar refractivity (Wildman–Crippen MR) is 88.0 cm³/mol. The summed E-state index contributed by atoms with van der Waals surface area (Å²) < 4.78 is 11.1. The second-order valence-electron chi connectivity index (χ2n) is 6.80. The van der Waals surface area contributed by atoms with Crippen LogP contribution in [0.4, 0.5) is 5.82 Å². The number of likely N-dealkylation sites (tertiary alicyclic amines) is 1. The Bertz CT molecular complexity index is 605. The van der Waals surface area contributed by atoms with Crippen molar-refractivity contribution in [1.82, 2.24) is 14.9 Å². The Hall–Kier alpha value is -1.89. The van der Waals surface area contributed by atoms with Crippen LogP contribution in [0, 0.1) is 5.92 Å². The Morgan fingerprint density at radius 1 is 1.33 bits per heavy atom. The molecule has 0 saturated carbocycles. The third-order valence-corrected chi connectivity index (χ3v) is 5.41. The number of aromatic nitrogens is 2. The fourth-order valence-corrected chi connectivity index (χ4v) is 4.18. The average molecular weight is 332 g/mol. The van der Waals surface area contributed by atoms with Crippen LogP contribution in [-0.4, -0.2) is 66.3 Å². The maximum absolute atomic E-state index is 12.9. The number of amides is 1. The first-order valence-electron chi connectivity index (χ1n) is 8.79. The standard InChI is InChI=1S/C17H24N4O3/c1-23-16-9-15(18-11-19-16)21-10-12(8-14-13(21)4-7-24-14)17(22)20-5-2-3-6-20/h9,11-14H,2-8,10H2,1H3/t12-,13+,14+/m1/s1. The second kappa shape index (κ2) is 6.55. The Morgan fingerprint density at radius 2 is 2.17 bits per heavy atom. The van der Waals surface area contributed by atoms with Gasteiger partial charge in [-0.05, 0) is 25.7 Å². The van der Waals surface area contributed by atoms with Gasteiger partial charge in [0.1, 0.15) is 12.1 Å². The van der Waals surface area contributed by atoms with Crippen molar-refractivity contribution in [2.24, 2.45) is 5.92 Å². The highest BCUT2D eigenvalue weighted by Gasteiger charge is 2.44. The molecule has 7 nitrogen and oxygen atoms in total. The zero-order valence-corrected chi connectivity index (χ0v) is 14.1. The fourth-order valence-electron chi connectivity index (χ4n) is 4.18. The van der Waals surface area contributed by atoms with Gasteiger partial charge in [0.25, 0.3) is 0 Å². The summed E-state index contributed by atoms with van der Waals surface area (Å²) >= 11 is 0. The molecule has 0 radical (unpaired) electrons. The first-order valence-corrected chi connectivity index (χ1v) is 8.79. The molecule has 0 aliphatic carbocycles. The molecular formula is C17H24N4O3. The summed E-state index contributed by atoms with van der Waals surface area (Å²) in [7, 11) is 1.60. The Kier molecular flexibility index (Phi) is 4.26. The lowest BCUT2D eigenvalue weighted by atomic mass is 9.89. The van der Waals surface area contributed by atoms with E-state index in [-0.39, 0.29) is 24.0 Å². The van der Waals surface area contributed by atoms with Gasteiger partial charge < -0.3 is 19.3 Å². The number of rotatable bonds is 3. The summed E-state index contributed by atoms with van der Waals surface area (Å²) in [6.07, 6.45) is 5.66. The molecule has 0 unspecified atom stereocenters. The molecule has 3 aliphatic heterocycles. The van der Waals surface area contributed by atoms with Crippen molar-refractivity contribution in [3.8, 4) is 5.88 Å². The monoisotopic (exact) mass is 332 g/mol. The fraction of sp³-hybridized carbons (Fsp3) is 0.706. The predicted octanol–water partition coefficient (Wildman–Crippen LogP) is 1.09. The van der Waals surface area contributed by atoms with Gasteiger partial charge in [-0.3, -0.25) is 4.79 Å². The highest BCUT2D eigenvalue weighted by molar-refractivity contribution is 5.80. The van der Waals surface area contributed by atoms with E-state index in [4.69, 9.17) is 9.47 Å².